The number of hydrogen-bond acceptors (Lipinski definition) is 3. The first-order valence-electron chi connectivity index (χ1n) is 5.57. The van der Waals surface area contributed by atoms with E-state index in [9.17, 15) is 9.59 Å². The van der Waals surface area contributed by atoms with Crippen LogP contribution in [0.1, 0.15) is 33.1 Å². The van der Waals surface area contributed by atoms with Crippen LogP contribution in [0.25, 0.3) is 0 Å². The second-order valence-electron chi connectivity index (χ2n) is 4.82. The van der Waals surface area contributed by atoms with Gasteiger partial charge in [0.15, 0.2) is 0 Å². The minimum atomic E-state index is -0.414. The van der Waals surface area contributed by atoms with Crippen LogP contribution in [-0.4, -0.2) is 24.0 Å². The molecular weight excluding hydrogens is 194 g/mol. The number of cyclic esters (lactones) is 1. The topological polar surface area (TPSA) is 55.4 Å². The van der Waals surface area contributed by atoms with Gasteiger partial charge in [-0.05, 0) is 25.7 Å². The molecule has 2 atom stereocenters. The number of hydrogen-bond donors (Lipinski definition) is 1. The fourth-order valence-electron chi connectivity index (χ4n) is 2.28. The molecule has 2 fully saturated rings. The summed E-state index contributed by atoms with van der Waals surface area (Å²) in [5.41, 5.74) is 0. The number of ether oxygens (including phenoxy) is 1. The smallest absolute Gasteiger partial charge is 0.329 e. The van der Waals surface area contributed by atoms with Crippen LogP contribution >= 0.6 is 0 Å². The molecule has 2 aliphatic rings. The van der Waals surface area contributed by atoms with Gasteiger partial charge < -0.3 is 10.1 Å². The Morgan fingerprint density at radius 2 is 2.00 bits per heavy atom. The van der Waals surface area contributed by atoms with Crippen LogP contribution in [0, 0.1) is 11.8 Å². The summed E-state index contributed by atoms with van der Waals surface area (Å²) in [7, 11) is 0. The second-order valence-corrected chi connectivity index (χ2v) is 4.82. The Hall–Kier alpha value is -1.06. The summed E-state index contributed by atoms with van der Waals surface area (Å²) < 4.78 is 4.97. The van der Waals surface area contributed by atoms with E-state index in [2.05, 4.69) is 12.2 Å². The Labute approximate surface area is 89.4 Å². The van der Waals surface area contributed by atoms with Crippen molar-refractivity contribution in [2.75, 3.05) is 0 Å². The third-order valence-electron chi connectivity index (χ3n) is 3.23. The van der Waals surface area contributed by atoms with Gasteiger partial charge in [0.05, 0.1) is 0 Å². The standard InChI is InChI=1S/C11H17NO3/c1-6-3-8(4-6)10(13)12-9-5-7(2)15-11(9)14/h6-9H,3-5H2,1-2H3,(H,12,13). The van der Waals surface area contributed by atoms with Crippen molar-refractivity contribution in [3.8, 4) is 0 Å². The Morgan fingerprint density at radius 3 is 2.47 bits per heavy atom. The Kier molecular flexibility index (Phi) is 2.67. The van der Waals surface area contributed by atoms with Gasteiger partial charge >= 0.3 is 5.97 Å². The molecule has 1 amide bonds. The molecule has 4 heteroatoms. The molecule has 15 heavy (non-hydrogen) atoms. The molecule has 1 heterocycles. The molecule has 0 spiro atoms. The first-order chi connectivity index (χ1) is 7.06. The maximum Gasteiger partial charge on any atom is 0.329 e. The van der Waals surface area contributed by atoms with Crippen LogP contribution in [0.3, 0.4) is 0 Å². The highest BCUT2D eigenvalue weighted by molar-refractivity contribution is 5.87. The maximum absolute atomic E-state index is 11.7. The highest BCUT2D eigenvalue weighted by Crippen LogP contribution is 2.33. The summed E-state index contributed by atoms with van der Waals surface area (Å²) in [6.45, 7) is 3.98. The third-order valence-corrected chi connectivity index (χ3v) is 3.23. The zero-order valence-electron chi connectivity index (χ0n) is 9.16. The maximum atomic E-state index is 11.7. The van der Waals surface area contributed by atoms with Crippen molar-refractivity contribution in [1.29, 1.82) is 0 Å². The summed E-state index contributed by atoms with van der Waals surface area (Å²) >= 11 is 0. The lowest BCUT2D eigenvalue weighted by Gasteiger charge is -2.31. The zero-order valence-corrected chi connectivity index (χ0v) is 9.16. The van der Waals surface area contributed by atoms with Crippen molar-refractivity contribution >= 4 is 11.9 Å². The molecule has 1 N–H and O–H groups in total. The van der Waals surface area contributed by atoms with Gasteiger partial charge in [0, 0.05) is 12.3 Å². The summed E-state index contributed by atoms with van der Waals surface area (Å²) in [5.74, 6) is 0.492. The number of rotatable bonds is 2. The van der Waals surface area contributed by atoms with Crippen LogP contribution in [0.2, 0.25) is 0 Å². The van der Waals surface area contributed by atoms with Gasteiger partial charge in [-0.2, -0.15) is 0 Å². The van der Waals surface area contributed by atoms with Crippen molar-refractivity contribution in [2.45, 2.75) is 45.3 Å². The predicted octanol–water partition coefficient (Wildman–Crippen LogP) is 0.853. The van der Waals surface area contributed by atoms with E-state index < -0.39 is 6.04 Å². The SMILES string of the molecule is CC1CC(C(=O)NC2CC(C)OC2=O)C1. The van der Waals surface area contributed by atoms with E-state index in [0.29, 0.717) is 12.3 Å². The van der Waals surface area contributed by atoms with Gasteiger partial charge in [-0.25, -0.2) is 4.79 Å². The molecule has 0 aromatic heterocycles. The molecule has 1 saturated carbocycles. The summed E-state index contributed by atoms with van der Waals surface area (Å²) in [5, 5.41) is 2.77. The van der Waals surface area contributed by atoms with Gasteiger partial charge in [-0.1, -0.05) is 6.92 Å². The largest absolute Gasteiger partial charge is 0.461 e. The van der Waals surface area contributed by atoms with Crippen molar-refractivity contribution in [3.63, 3.8) is 0 Å². The van der Waals surface area contributed by atoms with E-state index in [1.54, 1.807) is 0 Å². The fourth-order valence-corrected chi connectivity index (χ4v) is 2.28. The molecule has 1 aliphatic carbocycles. The molecule has 0 aromatic carbocycles. The Balaban J connectivity index is 1.82. The molecular formula is C11H17NO3. The van der Waals surface area contributed by atoms with E-state index in [1.165, 1.54) is 0 Å². The molecule has 1 saturated heterocycles. The molecule has 2 rings (SSSR count). The van der Waals surface area contributed by atoms with Gasteiger partial charge in [0.2, 0.25) is 5.91 Å². The van der Waals surface area contributed by atoms with Gasteiger partial charge in [-0.15, -0.1) is 0 Å². The first-order valence-corrected chi connectivity index (χ1v) is 5.57. The number of nitrogens with one attached hydrogen (secondary N) is 1. The van der Waals surface area contributed by atoms with E-state index in [1.807, 2.05) is 6.92 Å². The van der Waals surface area contributed by atoms with E-state index in [4.69, 9.17) is 4.74 Å². The summed E-state index contributed by atoms with van der Waals surface area (Å²) in [6.07, 6.45) is 2.43. The van der Waals surface area contributed by atoms with Crippen molar-refractivity contribution in [2.24, 2.45) is 11.8 Å². The monoisotopic (exact) mass is 211 g/mol. The molecule has 0 radical (unpaired) electrons. The van der Waals surface area contributed by atoms with Gasteiger partial charge in [0.1, 0.15) is 12.1 Å². The third kappa shape index (κ3) is 2.13. The normalized spacial score (nSPS) is 39.5. The minimum Gasteiger partial charge on any atom is -0.461 e. The van der Waals surface area contributed by atoms with Crippen LogP contribution in [0.4, 0.5) is 0 Å². The van der Waals surface area contributed by atoms with Crippen LogP contribution in [-0.2, 0) is 14.3 Å². The molecule has 2 unspecified atom stereocenters. The Bertz CT molecular complexity index is 284. The lowest BCUT2D eigenvalue weighted by atomic mass is 9.75. The molecule has 0 aromatic rings. The molecule has 1 aliphatic heterocycles. The van der Waals surface area contributed by atoms with Crippen molar-refractivity contribution < 1.29 is 14.3 Å². The predicted molar refractivity (Wildman–Crippen MR) is 54.0 cm³/mol. The lowest BCUT2D eigenvalue weighted by molar-refractivity contribution is -0.144. The minimum absolute atomic E-state index is 0.0177. The van der Waals surface area contributed by atoms with Crippen LogP contribution in [0.15, 0.2) is 0 Å². The van der Waals surface area contributed by atoms with Crippen LogP contribution < -0.4 is 5.32 Å². The lowest BCUT2D eigenvalue weighted by Crippen LogP contribution is -2.44. The molecule has 0 bridgehead atoms. The number of carbonyl (C=O) groups excluding carboxylic acids is 2. The number of carbonyl (C=O) groups is 2. The first kappa shape index (κ1) is 10.5. The van der Waals surface area contributed by atoms with Gasteiger partial charge in [0.25, 0.3) is 0 Å². The molecule has 84 valence electrons. The highest BCUT2D eigenvalue weighted by atomic mass is 16.6. The van der Waals surface area contributed by atoms with Crippen LogP contribution in [0.5, 0.6) is 0 Å². The van der Waals surface area contributed by atoms with E-state index in [0.717, 1.165) is 12.8 Å². The van der Waals surface area contributed by atoms with Gasteiger partial charge in [-0.3, -0.25) is 4.79 Å². The number of amides is 1. The van der Waals surface area contributed by atoms with Crippen molar-refractivity contribution in [1.82, 2.24) is 5.32 Å². The summed E-state index contributed by atoms with van der Waals surface area (Å²) in [4.78, 5) is 22.9. The summed E-state index contributed by atoms with van der Waals surface area (Å²) in [6, 6.07) is -0.414. The molecule has 4 nitrogen and oxygen atoms in total. The highest BCUT2D eigenvalue weighted by Gasteiger charge is 2.37. The average Bonchev–Trinajstić information content (AvgIpc) is 2.40. The second kappa shape index (κ2) is 3.83. The zero-order chi connectivity index (χ0) is 11.0. The number of esters is 1. The Morgan fingerprint density at radius 1 is 1.33 bits per heavy atom. The van der Waals surface area contributed by atoms with Crippen molar-refractivity contribution in [3.05, 3.63) is 0 Å². The average molecular weight is 211 g/mol. The van der Waals surface area contributed by atoms with E-state index in [-0.39, 0.29) is 23.9 Å². The van der Waals surface area contributed by atoms with E-state index >= 15 is 0 Å². The fraction of sp³-hybridized carbons (Fsp3) is 0.818. The quantitative estimate of drug-likeness (QED) is 0.689.